The predicted octanol–water partition coefficient (Wildman–Crippen LogP) is 21.5. The second-order valence-electron chi connectivity index (χ2n) is 26.6. The Morgan fingerprint density at radius 2 is 1.00 bits per heavy atom. The van der Waals surface area contributed by atoms with Gasteiger partial charge in [0.25, 0.3) is 6.33 Å². The molecule has 0 aliphatic heterocycles. The van der Waals surface area contributed by atoms with Gasteiger partial charge in [-0.1, -0.05) is 241 Å². The number of benzene rings is 10. The highest BCUT2D eigenvalue weighted by atomic mass is 16.5. The highest BCUT2D eigenvalue weighted by molar-refractivity contribution is 6.09. The monoisotopic (exact) mass is 1150 g/mol. The summed E-state index contributed by atoms with van der Waals surface area (Å²) < 4.78 is 135. The van der Waals surface area contributed by atoms with Crippen molar-refractivity contribution in [2.45, 2.75) is 105 Å². The summed E-state index contributed by atoms with van der Waals surface area (Å²) in [6.45, 7) is 25.5. The number of pyridine rings is 1. The molecule has 0 saturated carbocycles. The van der Waals surface area contributed by atoms with Crippen LogP contribution in [0, 0.1) is 6.33 Å². The molecule has 0 amide bonds. The third kappa shape index (κ3) is 11.1. The number of aromatic nitrogens is 4. The van der Waals surface area contributed by atoms with Gasteiger partial charge in [0.2, 0.25) is 0 Å². The first-order valence-electron chi connectivity index (χ1n) is 36.0. The lowest BCUT2D eigenvalue weighted by molar-refractivity contribution is -0.571. The Hall–Kier alpha value is -9.58. The van der Waals surface area contributed by atoms with Crippen molar-refractivity contribution in [3.63, 3.8) is 0 Å². The Labute approximate surface area is 532 Å². The van der Waals surface area contributed by atoms with Crippen LogP contribution in [0.5, 0.6) is 11.5 Å². The summed E-state index contributed by atoms with van der Waals surface area (Å²) in [5, 5.41) is 2.10. The van der Waals surface area contributed by atoms with Gasteiger partial charge in [-0.25, -0.2) is 4.98 Å². The fourth-order valence-corrected chi connectivity index (χ4v) is 11.4. The summed E-state index contributed by atoms with van der Waals surface area (Å²) in [5.74, 6) is 1.86. The van der Waals surface area contributed by atoms with Gasteiger partial charge in [-0.05, 0) is 172 Å². The Kier molecular flexibility index (Phi) is 10.8. The average molecular weight is 1150 g/mol. The van der Waals surface area contributed by atoms with Gasteiger partial charge in [-0.2, -0.15) is 0 Å². The molecule has 13 aromatic rings. The number of nitrogens with zero attached hydrogens (tertiary/aromatic N) is 4. The van der Waals surface area contributed by atoms with Crippen molar-refractivity contribution in [2.24, 2.45) is 0 Å². The molecule has 0 saturated heterocycles. The number of ether oxygens (including phenoxy) is 1. The molecule has 0 spiro atoms. The van der Waals surface area contributed by atoms with Crippen molar-refractivity contribution >= 4 is 32.8 Å². The molecule has 0 atom stereocenters. The summed E-state index contributed by atoms with van der Waals surface area (Å²) in [5.41, 5.74) is 8.07. The molecule has 5 heteroatoms. The van der Waals surface area contributed by atoms with E-state index in [4.69, 9.17) is 17.9 Å². The molecule has 0 N–H and O–H groups in total. The van der Waals surface area contributed by atoms with E-state index >= 15 is 0 Å². The molecular weight excluding hydrogens is 1060 g/mol. The van der Waals surface area contributed by atoms with Crippen molar-refractivity contribution in [1.29, 1.82) is 0 Å². The van der Waals surface area contributed by atoms with Crippen LogP contribution < -0.4 is 9.30 Å². The van der Waals surface area contributed by atoms with Crippen molar-refractivity contribution in [3.05, 3.63) is 271 Å². The van der Waals surface area contributed by atoms with Gasteiger partial charge < -0.3 is 4.74 Å². The average Bonchev–Trinajstić information content (AvgIpc) is 0.903. The second kappa shape index (κ2) is 21.7. The number of para-hydroxylation sites is 1. The summed E-state index contributed by atoms with van der Waals surface area (Å²) in [4.78, 5) is 4.91. The zero-order chi connectivity index (χ0) is 71.9. The molecule has 3 heterocycles. The van der Waals surface area contributed by atoms with Gasteiger partial charge >= 0.3 is 0 Å². The maximum Gasteiger partial charge on any atom is 0.269 e. The fraction of sp³-hybridized carbons (Fsp3) is 0.195. The molecule has 5 nitrogen and oxygen atoms in total. The van der Waals surface area contributed by atoms with E-state index in [0.717, 1.165) is 66.6 Å². The van der Waals surface area contributed by atoms with Gasteiger partial charge in [-0.3, -0.25) is 13.7 Å². The summed E-state index contributed by atoms with van der Waals surface area (Å²) in [6, 6.07) is 43.7. The highest BCUT2D eigenvalue weighted by Gasteiger charge is 2.27. The van der Waals surface area contributed by atoms with Crippen molar-refractivity contribution in [3.8, 4) is 84.3 Å². The van der Waals surface area contributed by atoms with Crippen molar-refractivity contribution < 1.29 is 27.1 Å². The third-order valence-electron chi connectivity index (χ3n) is 16.3. The molecule has 430 valence electrons. The van der Waals surface area contributed by atoms with Crippen LogP contribution in [0.4, 0.5) is 0 Å². The van der Waals surface area contributed by atoms with Crippen LogP contribution in [-0.4, -0.2) is 14.1 Å². The van der Waals surface area contributed by atoms with Gasteiger partial charge in [-0.15, -0.1) is 0 Å². The first kappa shape index (κ1) is 43.1. The van der Waals surface area contributed by atoms with Crippen LogP contribution >= 0.6 is 0 Å². The van der Waals surface area contributed by atoms with Gasteiger partial charge in [0, 0.05) is 23.0 Å². The number of imidazole rings is 1. The lowest BCUT2D eigenvalue weighted by Gasteiger charge is -2.26. The molecule has 0 radical (unpaired) electrons. The van der Waals surface area contributed by atoms with Gasteiger partial charge in [0.15, 0.2) is 0 Å². The standard InChI is InChI=1S/C82H76N4O/c1-79(2,3)62-36-33-56(34-37-62)57-35-40-74-76(47-57)84(66-29-22-30-67(51-66)87-68-38-39-70-69-31-19-20-32-73(69)86(75(70)52-68)77-50-64(41-42-83-77)81(7,8)9)53-85(74)78-71(58-27-21-28-63(46-58)80(4,5)6)48-65(82(10,11)12)49-72(78)61-44-59(54-23-15-13-16-24-54)43-60(45-61)55-25-17-14-18-26-55/h13-52H,1-12H3/i13D,14D,15D,16D,17D,18D,23D,24D,25D,26D,43D,44D,45D. The van der Waals surface area contributed by atoms with Crippen molar-refractivity contribution in [2.75, 3.05) is 0 Å². The van der Waals surface area contributed by atoms with E-state index in [9.17, 15) is 9.60 Å². The molecule has 10 aromatic carbocycles. The van der Waals surface area contributed by atoms with E-state index in [1.54, 1.807) is 0 Å². The Morgan fingerprint density at radius 3 is 1.67 bits per heavy atom. The van der Waals surface area contributed by atoms with Crippen LogP contribution in [-0.2, 0) is 21.7 Å². The molecule has 0 unspecified atom stereocenters. The zero-order valence-electron chi connectivity index (χ0n) is 64.3. The first-order valence-corrected chi connectivity index (χ1v) is 29.5. The van der Waals surface area contributed by atoms with Crippen LogP contribution in [0.3, 0.4) is 0 Å². The third-order valence-corrected chi connectivity index (χ3v) is 16.3. The summed E-state index contributed by atoms with van der Waals surface area (Å²) >= 11 is 0. The maximum absolute atomic E-state index is 10.6. The normalized spacial score (nSPS) is 14.5. The number of hydrogen-bond acceptors (Lipinski definition) is 2. The van der Waals surface area contributed by atoms with Crippen molar-refractivity contribution in [1.82, 2.24) is 14.1 Å². The second-order valence-corrected chi connectivity index (χ2v) is 26.6. The minimum Gasteiger partial charge on any atom is -0.458 e. The predicted molar refractivity (Wildman–Crippen MR) is 364 cm³/mol. The number of fused-ring (bicyclic) bond motifs is 4. The zero-order valence-corrected chi connectivity index (χ0v) is 51.3. The van der Waals surface area contributed by atoms with Crippen LogP contribution in [0.25, 0.3) is 106 Å². The first-order chi connectivity index (χ1) is 47.0. The Morgan fingerprint density at radius 1 is 0.414 bits per heavy atom. The number of hydrogen-bond donors (Lipinski definition) is 0. The van der Waals surface area contributed by atoms with E-state index < -0.39 is 106 Å². The lowest BCUT2D eigenvalue weighted by atomic mass is 9.80. The van der Waals surface area contributed by atoms with E-state index in [-0.39, 0.29) is 27.4 Å². The Bertz CT molecular complexity index is 5390. The van der Waals surface area contributed by atoms with Crippen LogP contribution in [0.15, 0.2) is 242 Å². The molecule has 0 aliphatic rings. The smallest absolute Gasteiger partial charge is 0.269 e. The lowest BCUT2D eigenvalue weighted by Crippen LogP contribution is -2.32. The minimum absolute atomic E-state index is 0.113. The van der Waals surface area contributed by atoms with Gasteiger partial charge in [0.05, 0.1) is 51.3 Å². The minimum atomic E-state index is -0.746. The van der Waals surface area contributed by atoms with E-state index in [1.807, 2.05) is 115 Å². The largest absolute Gasteiger partial charge is 0.458 e. The Balaban J connectivity index is 1.13. The molecule has 0 fully saturated rings. The summed E-state index contributed by atoms with van der Waals surface area (Å²) in [7, 11) is 0. The molecule has 87 heavy (non-hydrogen) atoms. The SMILES string of the molecule is [2H]c1c([2H])c([2H])c(-c2c([2H])c(-c3cc(C(C)(C)C)cc(-c4cccc(C(C)(C)C)c4)c3-[n+]3[c-]n(-c4cccc(Oc5ccc6c7ccccc7n(-c7cc(C(C)(C)C)ccn7)c6c5)c4)c4cc(-c5ccc(C(C)(C)C)cc5)ccc43)c([2H])c(-c3c([2H])c([2H])c([2H])c([2H])c3[2H])c2[2H])c([2H])c1[2H]. The molecule has 3 aromatic heterocycles. The van der Waals surface area contributed by atoms with Crippen LogP contribution in [0.1, 0.15) is 123 Å². The van der Waals surface area contributed by atoms with E-state index in [2.05, 4.69) is 152 Å². The fourth-order valence-electron chi connectivity index (χ4n) is 11.4. The van der Waals surface area contributed by atoms with E-state index in [1.165, 1.54) is 0 Å². The molecule has 13 rings (SSSR count). The quantitative estimate of drug-likeness (QED) is 0.101. The van der Waals surface area contributed by atoms with Crippen LogP contribution in [0.2, 0.25) is 0 Å². The molecular formula is C82H76N4O. The number of rotatable bonds is 10. The summed E-state index contributed by atoms with van der Waals surface area (Å²) in [6.07, 6.45) is 5.65. The molecule has 0 aliphatic carbocycles. The highest BCUT2D eigenvalue weighted by Crippen LogP contribution is 2.44. The van der Waals surface area contributed by atoms with E-state index in [0.29, 0.717) is 39.5 Å². The topological polar surface area (TPSA) is 35.9 Å². The maximum atomic E-state index is 10.6. The van der Waals surface area contributed by atoms with Gasteiger partial charge in [0.1, 0.15) is 17.3 Å². The molecule has 0 bridgehead atoms.